The van der Waals surface area contributed by atoms with Gasteiger partial charge in [-0.15, -0.1) is 0 Å². The Kier molecular flexibility index (Phi) is 4.84. The van der Waals surface area contributed by atoms with Crippen LogP contribution in [0.2, 0.25) is 0 Å². The van der Waals surface area contributed by atoms with Crippen LogP contribution in [0.25, 0.3) is 10.9 Å². The van der Waals surface area contributed by atoms with Crippen molar-refractivity contribution < 1.29 is 23.7 Å². The SMILES string of the molecule is COc1cc2c(cc1OC)CN(c1cnnc3cc(OC)c(OC)cc13)C(=O)C2. The zero-order valence-corrected chi connectivity index (χ0v) is 16.7. The minimum Gasteiger partial charge on any atom is -0.493 e. The zero-order chi connectivity index (χ0) is 20.5. The predicted molar refractivity (Wildman–Crippen MR) is 107 cm³/mol. The maximum atomic E-state index is 13.0. The minimum atomic E-state index is -0.0335. The van der Waals surface area contributed by atoms with Crippen molar-refractivity contribution >= 4 is 22.5 Å². The molecule has 0 spiro atoms. The molecule has 4 rings (SSSR count). The van der Waals surface area contributed by atoms with E-state index in [0.717, 1.165) is 16.5 Å². The number of rotatable bonds is 5. The maximum absolute atomic E-state index is 13.0. The van der Waals surface area contributed by atoms with Crippen molar-refractivity contribution in [3.63, 3.8) is 0 Å². The molecule has 0 atom stereocenters. The molecule has 2 aromatic carbocycles. The molecular weight excluding hydrogens is 374 g/mol. The van der Waals surface area contributed by atoms with E-state index in [9.17, 15) is 4.79 Å². The number of methoxy groups -OCH3 is 4. The number of carbonyl (C=O) groups is 1. The molecule has 0 radical (unpaired) electrons. The lowest BCUT2D eigenvalue weighted by Gasteiger charge is -2.30. The van der Waals surface area contributed by atoms with Crippen molar-refractivity contribution in [3.05, 3.63) is 41.6 Å². The topological polar surface area (TPSA) is 83.0 Å². The van der Waals surface area contributed by atoms with Crippen molar-refractivity contribution in [1.82, 2.24) is 10.2 Å². The van der Waals surface area contributed by atoms with E-state index in [1.165, 1.54) is 0 Å². The van der Waals surface area contributed by atoms with Crippen molar-refractivity contribution in [2.75, 3.05) is 33.3 Å². The molecule has 1 aliphatic rings. The van der Waals surface area contributed by atoms with Crippen LogP contribution in [0, 0.1) is 0 Å². The van der Waals surface area contributed by atoms with E-state index in [1.54, 1.807) is 45.6 Å². The molecule has 8 heteroatoms. The van der Waals surface area contributed by atoms with E-state index < -0.39 is 0 Å². The number of hydrogen-bond acceptors (Lipinski definition) is 7. The highest BCUT2D eigenvalue weighted by Gasteiger charge is 2.28. The summed E-state index contributed by atoms with van der Waals surface area (Å²) >= 11 is 0. The lowest BCUT2D eigenvalue weighted by atomic mass is 9.97. The van der Waals surface area contributed by atoms with Gasteiger partial charge in [-0.1, -0.05) is 0 Å². The Balaban J connectivity index is 1.81. The lowest BCUT2D eigenvalue weighted by Crippen LogP contribution is -2.36. The van der Waals surface area contributed by atoms with Crippen LogP contribution in [-0.2, 0) is 17.8 Å². The number of amides is 1. The Morgan fingerprint density at radius 3 is 2.07 bits per heavy atom. The Morgan fingerprint density at radius 1 is 0.828 bits per heavy atom. The van der Waals surface area contributed by atoms with Gasteiger partial charge < -0.3 is 23.8 Å². The minimum absolute atomic E-state index is 0.0335. The third kappa shape index (κ3) is 3.16. The van der Waals surface area contributed by atoms with Gasteiger partial charge in [-0.05, 0) is 29.3 Å². The average Bonchev–Trinajstić information content (AvgIpc) is 2.76. The summed E-state index contributed by atoms with van der Waals surface area (Å²) in [4.78, 5) is 14.7. The van der Waals surface area contributed by atoms with Crippen molar-refractivity contribution in [2.24, 2.45) is 0 Å². The summed E-state index contributed by atoms with van der Waals surface area (Å²) < 4.78 is 21.5. The Bertz CT molecular complexity index is 1100. The van der Waals surface area contributed by atoms with E-state index in [0.29, 0.717) is 40.7 Å². The monoisotopic (exact) mass is 395 g/mol. The standard InChI is InChI=1S/C21H21N3O5/c1-26-17-5-12-7-21(25)24(11-13(12)6-18(17)27-2)16-10-22-23-15-9-20(29-4)19(28-3)8-14(15)16/h5-6,8-10H,7,11H2,1-4H3. The molecular formula is C21H21N3O5. The fourth-order valence-corrected chi connectivity index (χ4v) is 3.60. The van der Waals surface area contributed by atoms with E-state index in [-0.39, 0.29) is 12.3 Å². The average molecular weight is 395 g/mol. The first-order valence-corrected chi connectivity index (χ1v) is 9.01. The van der Waals surface area contributed by atoms with Gasteiger partial charge >= 0.3 is 0 Å². The van der Waals surface area contributed by atoms with Crippen molar-refractivity contribution in [3.8, 4) is 23.0 Å². The second kappa shape index (κ2) is 7.46. The largest absolute Gasteiger partial charge is 0.493 e. The number of aromatic nitrogens is 2. The molecule has 2 heterocycles. The Morgan fingerprint density at radius 2 is 1.41 bits per heavy atom. The first kappa shape index (κ1) is 18.8. The zero-order valence-electron chi connectivity index (χ0n) is 16.7. The van der Waals surface area contributed by atoms with Gasteiger partial charge in [-0.3, -0.25) is 4.79 Å². The molecule has 8 nitrogen and oxygen atoms in total. The molecule has 3 aromatic rings. The van der Waals surface area contributed by atoms with Crippen LogP contribution in [0.1, 0.15) is 11.1 Å². The molecule has 1 aromatic heterocycles. The van der Waals surface area contributed by atoms with Crippen molar-refractivity contribution in [1.29, 1.82) is 0 Å². The molecule has 150 valence electrons. The van der Waals surface area contributed by atoms with Crippen LogP contribution in [0.4, 0.5) is 5.69 Å². The first-order chi connectivity index (χ1) is 14.1. The number of ether oxygens (including phenoxy) is 4. The second-order valence-electron chi connectivity index (χ2n) is 6.59. The van der Waals surface area contributed by atoms with Crippen LogP contribution in [-0.4, -0.2) is 44.5 Å². The van der Waals surface area contributed by atoms with Crippen LogP contribution in [0.3, 0.4) is 0 Å². The molecule has 0 unspecified atom stereocenters. The molecule has 1 amide bonds. The molecule has 0 bridgehead atoms. The van der Waals surface area contributed by atoms with Gasteiger partial charge in [0, 0.05) is 11.5 Å². The quantitative estimate of drug-likeness (QED) is 0.657. The highest BCUT2D eigenvalue weighted by Crippen LogP contribution is 2.38. The number of benzene rings is 2. The van der Waals surface area contributed by atoms with E-state index in [2.05, 4.69) is 10.2 Å². The molecule has 0 N–H and O–H groups in total. The van der Waals surface area contributed by atoms with Crippen LogP contribution in [0.15, 0.2) is 30.5 Å². The first-order valence-electron chi connectivity index (χ1n) is 9.01. The van der Waals surface area contributed by atoms with Gasteiger partial charge in [-0.2, -0.15) is 10.2 Å². The summed E-state index contributed by atoms with van der Waals surface area (Å²) in [6.45, 7) is 0.393. The lowest BCUT2D eigenvalue weighted by molar-refractivity contribution is -0.118. The fraction of sp³-hybridized carbons (Fsp3) is 0.286. The van der Waals surface area contributed by atoms with Crippen LogP contribution < -0.4 is 23.8 Å². The van der Waals surface area contributed by atoms with Gasteiger partial charge in [0.2, 0.25) is 5.91 Å². The second-order valence-corrected chi connectivity index (χ2v) is 6.59. The molecule has 1 aliphatic heterocycles. The third-order valence-electron chi connectivity index (χ3n) is 5.09. The summed E-state index contributed by atoms with van der Waals surface area (Å²) in [6.07, 6.45) is 1.85. The summed E-state index contributed by atoms with van der Waals surface area (Å²) in [5.41, 5.74) is 3.20. The van der Waals surface area contributed by atoms with Gasteiger partial charge in [0.1, 0.15) is 0 Å². The van der Waals surface area contributed by atoms with Gasteiger partial charge in [0.15, 0.2) is 23.0 Å². The number of fused-ring (bicyclic) bond motifs is 2. The highest BCUT2D eigenvalue weighted by atomic mass is 16.5. The molecule has 29 heavy (non-hydrogen) atoms. The molecule has 0 saturated heterocycles. The van der Waals surface area contributed by atoms with Gasteiger partial charge in [0.05, 0.1) is 58.8 Å². The molecule has 0 fully saturated rings. The predicted octanol–water partition coefficient (Wildman–Crippen LogP) is 2.75. The van der Waals surface area contributed by atoms with E-state index in [4.69, 9.17) is 18.9 Å². The summed E-state index contributed by atoms with van der Waals surface area (Å²) in [7, 11) is 6.31. The number of carbonyl (C=O) groups excluding carboxylic acids is 1. The number of anilines is 1. The third-order valence-corrected chi connectivity index (χ3v) is 5.09. The summed E-state index contributed by atoms with van der Waals surface area (Å²) in [6, 6.07) is 7.34. The van der Waals surface area contributed by atoms with E-state index >= 15 is 0 Å². The maximum Gasteiger partial charge on any atom is 0.231 e. The van der Waals surface area contributed by atoms with E-state index in [1.807, 2.05) is 18.2 Å². The van der Waals surface area contributed by atoms with Crippen molar-refractivity contribution in [2.45, 2.75) is 13.0 Å². The van der Waals surface area contributed by atoms with Gasteiger partial charge in [-0.25, -0.2) is 0 Å². The fourth-order valence-electron chi connectivity index (χ4n) is 3.60. The molecule has 0 aliphatic carbocycles. The Labute approximate surface area is 168 Å². The van der Waals surface area contributed by atoms with Crippen LogP contribution in [0.5, 0.6) is 23.0 Å². The number of nitrogens with zero attached hydrogens (tertiary/aromatic N) is 3. The Hall–Kier alpha value is -3.55. The number of hydrogen-bond donors (Lipinski definition) is 0. The summed E-state index contributed by atoms with van der Waals surface area (Å²) in [5, 5.41) is 9.02. The molecule has 0 saturated carbocycles. The highest BCUT2D eigenvalue weighted by molar-refractivity contribution is 6.04. The normalized spacial score (nSPS) is 13.2. The smallest absolute Gasteiger partial charge is 0.231 e. The van der Waals surface area contributed by atoms with Gasteiger partial charge in [0.25, 0.3) is 0 Å². The summed E-state index contributed by atoms with van der Waals surface area (Å²) in [5.74, 6) is 2.32. The van der Waals surface area contributed by atoms with Crippen LogP contribution >= 0.6 is 0 Å².